The van der Waals surface area contributed by atoms with Gasteiger partial charge in [0.15, 0.2) is 5.79 Å². The molecular formula is C17H33FO9S2. The summed E-state index contributed by atoms with van der Waals surface area (Å²) < 4.78 is 80.9. The van der Waals surface area contributed by atoms with Gasteiger partial charge in [-0.1, -0.05) is 6.42 Å². The average Bonchev–Trinajstić information content (AvgIpc) is 2.99. The molecule has 0 amide bonds. The molecule has 1 saturated carbocycles. The summed E-state index contributed by atoms with van der Waals surface area (Å²) >= 11 is 0. The molecule has 29 heavy (non-hydrogen) atoms. The summed E-state index contributed by atoms with van der Waals surface area (Å²) in [6, 6.07) is 0. The minimum Gasteiger partial charge on any atom is -0.385 e. The third-order valence-electron chi connectivity index (χ3n) is 4.30. The molecule has 1 heterocycles. The molecule has 9 nitrogen and oxygen atoms in total. The summed E-state index contributed by atoms with van der Waals surface area (Å²) in [5.41, 5.74) is 0. The summed E-state index contributed by atoms with van der Waals surface area (Å²) in [6.45, 7) is 0.646. The monoisotopic (exact) mass is 464 g/mol. The van der Waals surface area contributed by atoms with Gasteiger partial charge < -0.3 is 14.2 Å². The van der Waals surface area contributed by atoms with E-state index in [-0.39, 0.29) is 19.1 Å². The number of hydrogen-bond acceptors (Lipinski definition) is 9. The van der Waals surface area contributed by atoms with Crippen molar-refractivity contribution in [2.75, 3.05) is 46.0 Å². The fourth-order valence-corrected chi connectivity index (χ4v) is 3.87. The Balaban J connectivity index is 0.000000359. The third kappa shape index (κ3) is 12.8. The van der Waals surface area contributed by atoms with Crippen molar-refractivity contribution in [1.29, 1.82) is 0 Å². The van der Waals surface area contributed by atoms with E-state index in [2.05, 4.69) is 13.1 Å². The van der Waals surface area contributed by atoms with Gasteiger partial charge in [0.05, 0.1) is 38.4 Å². The molecule has 0 bridgehead atoms. The fourth-order valence-electron chi connectivity index (χ4n) is 3.05. The summed E-state index contributed by atoms with van der Waals surface area (Å²) in [5, 5.41) is 0. The first kappa shape index (κ1) is 26.7. The molecule has 1 spiro atoms. The lowest BCUT2D eigenvalue weighted by Crippen LogP contribution is -2.33. The van der Waals surface area contributed by atoms with E-state index in [9.17, 15) is 21.2 Å². The van der Waals surface area contributed by atoms with E-state index < -0.39 is 38.8 Å². The zero-order valence-electron chi connectivity index (χ0n) is 17.3. The van der Waals surface area contributed by atoms with Crippen molar-refractivity contribution in [3.8, 4) is 0 Å². The highest BCUT2D eigenvalue weighted by molar-refractivity contribution is 7.86. The van der Waals surface area contributed by atoms with E-state index in [0.29, 0.717) is 19.6 Å². The molecule has 2 fully saturated rings. The predicted molar refractivity (Wildman–Crippen MR) is 104 cm³/mol. The molecule has 0 N–H and O–H groups in total. The zero-order chi connectivity index (χ0) is 22.0. The van der Waals surface area contributed by atoms with Crippen LogP contribution in [0.25, 0.3) is 0 Å². The normalized spacial score (nSPS) is 22.8. The number of hydrogen-bond donors (Lipinski definition) is 0. The van der Waals surface area contributed by atoms with Gasteiger partial charge in [0.2, 0.25) is 0 Å². The number of methoxy groups -OCH3 is 1. The van der Waals surface area contributed by atoms with Gasteiger partial charge in [-0.25, -0.2) is 4.39 Å². The molecule has 0 aromatic carbocycles. The molecule has 0 radical (unpaired) electrons. The van der Waals surface area contributed by atoms with Crippen LogP contribution in [0.5, 0.6) is 0 Å². The Morgan fingerprint density at radius 1 is 1.03 bits per heavy atom. The largest absolute Gasteiger partial charge is 0.385 e. The summed E-state index contributed by atoms with van der Waals surface area (Å²) in [6.07, 6.45) is 6.03. The van der Waals surface area contributed by atoms with E-state index in [1.165, 1.54) is 6.42 Å². The van der Waals surface area contributed by atoms with E-state index in [4.69, 9.17) is 9.47 Å². The van der Waals surface area contributed by atoms with Gasteiger partial charge >= 0.3 is 0 Å². The topological polar surface area (TPSA) is 114 Å². The number of ether oxygens (including phenoxy) is 3. The maximum atomic E-state index is 13.6. The number of alkyl halides is 1. The van der Waals surface area contributed by atoms with E-state index in [1.807, 2.05) is 0 Å². The second kappa shape index (κ2) is 12.5. The zero-order valence-corrected chi connectivity index (χ0v) is 18.9. The highest BCUT2D eigenvalue weighted by Gasteiger charge is 2.42. The van der Waals surface area contributed by atoms with E-state index in [1.54, 1.807) is 7.11 Å². The van der Waals surface area contributed by atoms with Crippen molar-refractivity contribution in [2.45, 2.75) is 63.0 Å². The molecule has 0 aromatic heterocycles. The van der Waals surface area contributed by atoms with Gasteiger partial charge in [-0.2, -0.15) is 16.8 Å². The number of rotatable bonds is 10. The highest BCUT2D eigenvalue weighted by Crippen LogP contribution is 2.38. The van der Waals surface area contributed by atoms with Crippen LogP contribution in [-0.4, -0.2) is 80.9 Å². The average molecular weight is 465 g/mol. The quantitative estimate of drug-likeness (QED) is 0.352. The Bertz CT molecular complexity index is 660. The Morgan fingerprint density at radius 3 is 2.21 bits per heavy atom. The maximum Gasteiger partial charge on any atom is 0.264 e. The van der Waals surface area contributed by atoms with Crippen LogP contribution in [0.3, 0.4) is 0 Å². The summed E-state index contributed by atoms with van der Waals surface area (Å²) in [7, 11) is -5.30. The predicted octanol–water partition coefficient (Wildman–Crippen LogP) is 1.77. The van der Waals surface area contributed by atoms with E-state index in [0.717, 1.165) is 38.2 Å². The van der Waals surface area contributed by atoms with Crippen molar-refractivity contribution >= 4 is 20.2 Å². The molecule has 2 aliphatic rings. The Morgan fingerprint density at radius 2 is 1.66 bits per heavy atom. The van der Waals surface area contributed by atoms with Crippen molar-refractivity contribution in [1.82, 2.24) is 0 Å². The van der Waals surface area contributed by atoms with Crippen molar-refractivity contribution in [2.24, 2.45) is 0 Å². The van der Waals surface area contributed by atoms with Crippen molar-refractivity contribution in [3.63, 3.8) is 0 Å². The van der Waals surface area contributed by atoms with Gasteiger partial charge in [-0.3, -0.25) is 8.37 Å². The molecular weight excluding hydrogens is 431 g/mol. The molecule has 1 aliphatic carbocycles. The molecule has 0 aromatic rings. The van der Waals surface area contributed by atoms with Crippen LogP contribution in [0.4, 0.5) is 4.39 Å². The molecule has 1 aliphatic heterocycles. The molecule has 2 unspecified atom stereocenters. The van der Waals surface area contributed by atoms with E-state index >= 15 is 0 Å². The van der Waals surface area contributed by atoms with Gasteiger partial charge in [-0.15, -0.1) is 0 Å². The van der Waals surface area contributed by atoms with Crippen molar-refractivity contribution < 1.29 is 43.8 Å². The van der Waals surface area contributed by atoms with Crippen LogP contribution in [0.1, 0.15) is 44.9 Å². The molecule has 2 rings (SSSR count). The fraction of sp³-hybridized carbons (Fsp3) is 1.00. The lowest BCUT2D eigenvalue weighted by atomic mass is 9.94. The second-order valence-corrected chi connectivity index (χ2v) is 10.5. The van der Waals surface area contributed by atoms with Crippen LogP contribution >= 0.6 is 0 Å². The molecule has 12 heteroatoms. The summed E-state index contributed by atoms with van der Waals surface area (Å²) in [5.74, 6) is -0.514. The minimum atomic E-state index is -3.59. The SMILES string of the molecule is COCCCOS(C)(=O)=O.CS(=O)(=O)OCC(F)CC1COC2(CCCCC2)O1. The van der Waals surface area contributed by atoms with Gasteiger partial charge in [-0.05, 0) is 19.3 Å². The molecule has 1 saturated heterocycles. The Kier molecular flexibility index (Phi) is 11.5. The first-order valence-electron chi connectivity index (χ1n) is 9.58. The molecule has 2 atom stereocenters. The lowest BCUT2D eigenvalue weighted by molar-refractivity contribution is -0.188. The first-order valence-corrected chi connectivity index (χ1v) is 13.2. The second-order valence-electron chi connectivity index (χ2n) is 7.22. The number of halogens is 1. The third-order valence-corrected chi connectivity index (χ3v) is 5.46. The standard InChI is InChI=1S/C12H21FO5S.C5H12O4S/c1-19(14,15)17-8-10(13)7-11-9-16-12(18-11)5-3-2-4-6-12;1-8-4-3-5-9-10(2,6)7/h10-11H,2-9H2,1H3;3-5H2,1-2H3. The van der Waals surface area contributed by atoms with Gasteiger partial charge in [0, 0.05) is 33.0 Å². The van der Waals surface area contributed by atoms with Gasteiger partial charge in [0.1, 0.15) is 6.17 Å². The lowest BCUT2D eigenvalue weighted by Gasteiger charge is -2.31. The van der Waals surface area contributed by atoms with Crippen LogP contribution < -0.4 is 0 Å². The smallest absolute Gasteiger partial charge is 0.264 e. The van der Waals surface area contributed by atoms with Crippen LogP contribution in [0.15, 0.2) is 0 Å². The summed E-state index contributed by atoms with van der Waals surface area (Å²) in [4.78, 5) is 0. The van der Waals surface area contributed by atoms with Crippen LogP contribution in [0.2, 0.25) is 0 Å². The van der Waals surface area contributed by atoms with Gasteiger partial charge in [0.25, 0.3) is 20.2 Å². The van der Waals surface area contributed by atoms with Crippen LogP contribution in [-0.2, 0) is 42.8 Å². The Hall–Kier alpha value is -0.370. The molecule has 174 valence electrons. The first-order chi connectivity index (χ1) is 13.4. The minimum absolute atomic E-state index is 0.108. The van der Waals surface area contributed by atoms with Crippen LogP contribution in [0, 0.1) is 0 Å². The van der Waals surface area contributed by atoms with Crippen molar-refractivity contribution in [3.05, 3.63) is 0 Å². The highest BCUT2D eigenvalue weighted by atomic mass is 32.2. The Labute approximate surface area is 173 Å². The maximum absolute atomic E-state index is 13.6.